The van der Waals surface area contributed by atoms with E-state index in [1.54, 1.807) is 0 Å². The first-order valence-electron chi connectivity index (χ1n) is 5.08. The van der Waals surface area contributed by atoms with E-state index < -0.39 is 5.41 Å². The van der Waals surface area contributed by atoms with E-state index in [1.807, 2.05) is 0 Å². The van der Waals surface area contributed by atoms with Crippen LogP contribution in [0.4, 0.5) is 0 Å². The van der Waals surface area contributed by atoms with Crippen LogP contribution in [0.2, 0.25) is 0 Å². The molecule has 1 amide bonds. The fourth-order valence-corrected chi connectivity index (χ4v) is 1.70. The predicted octanol–water partition coefficient (Wildman–Crippen LogP) is 0.585. The summed E-state index contributed by atoms with van der Waals surface area (Å²) in [6.45, 7) is 1.35. The highest BCUT2D eigenvalue weighted by atomic mass is 16.5. The molecular weight excluding hydrogens is 180 g/mol. The first-order valence-corrected chi connectivity index (χ1v) is 5.08. The SMILES string of the molecule is N#CC1(C(=O)NC[C@H]2CCCO2)CC1. The van der Waals surface area contributed by atoms with E-state index in [0.717, 1.165) is 19.4 Å². The molecule has 4 nitrogen and oxygen atoms in total. The smallest absolute Gasteiger partial charge is 0.240 e. The number of hydrogen-bond donors (Lipinski definition) is 1. The first-order chi connectivity index (χ1) is 6.77. The molecule has 2 fully saturated rings. The third kappa shape index (κ3) is 1.73. The van der Waals surface area contributed by atoms with Gasteiger partial charge in [0.1, 0.15) is 5.41 Å². The second kappa shape index (κ2) is 3.58. The second-order valence-corrected chi connectivity index (χ2v) is 4.04. The zero-order chi connectivity index (χ0) is 10.0. The Balaban J connectivity index is 1.75. The van der Waals surface area contributed by atoms with Crippen molar-refractivity contribution in [2.24, 2.45) is 5.41 Å². The van der Waals surface area contributed by atoms with E-state index in [-0.39, 0.29) is 12.0 Å². The lowest BCUT2D eigenvalue weighted by Gasteiger charge is -2.12. The van der Waals surface area contributed by atoms with Gasteiger partial charge >= 0.3 is 0 Å². The van der Waals surface area contributed by atoms with Gasteiger partial charge < -0.3 is 10.1 Å². The summed E-state index contributed by atoms with van der Waals surface area (Å²) in [7, 11) is 0. The molecule has 1 N–H and O–H groups in total. The standard InChI is InChI=1S/C10H14N2O2/c11-7-10(3-4-10)9(13)12-6-8-2-1-5-14-8/h8H,1-6H2,(H,12,13)/t8-/m1/s1. The lowest BCUT2D eigenvalue weighted by atomic mass is 10.1. The fraction of sp³-hybridized carbons (Fsp3) is 0.800. The van der Waals surface area contributed by atoms with E-state index in [0.29, 0.717) is 19.4 Å². The predicted molar refractivity (Wildman–Crippen MR) is 49.3 cm³/mol. The Morgan fingerprint density at radius 2 is 2.43 bits per heavy atom. The topological polar surface area (TPSA) is 62.1 Å². The summed E-state index contributed by atoms with van der Waals surface area (Å²) in [5.74, 6) is -0.115. The zero-order valence-electron chi connectivity index (χ0n) is 8.08. The van der Waals surface area contributed by atoms with Crippen LogP contribution in [-0.2, 0) is 9.53 Å². The summed E-state index contributed by atoms with van der Waals surface area (Å²) in [5, 5.41) is 11.6. The Morgan fingerprint density at radius 1 is 1.64 bits per heavy atom. The largest absolute Gasteiger partial charge is 0.376 e. The molecule has 1 saturated carbocycles. The van der Waals surface area contributed by atoms with Crippen LogP contribution in [0.25, 0.3) is 0 Å². The average Bonchev–Trinajstić information content (AvgIpc) is 2.84. The number of hydrogen-bond acceptors (Lipinski definition) is 3. The summed E-state index contributed by atoms with van der Waals surface area (Å²) < 4.78 is 5.37. The number of nitrogens with one attached hydrogen (secondary N) is 1. The van der Waals surface area contributed by atoms with Crippen LogP contribution in [0.15, 0.2) is 0 Å². The maximum Gasteiger partial charge on any atom is 0.240 e. The van der Waals surface area contributed by atoms with Gasteiger partial charge in [-0.2, -0.15) is 5.26 Å². The molecule has 76 valence electrons. The Kier molecular flexibility index (Phi) is 2.42. The Labute approximate surface area is 83.2 Å². The normalized spacial score (nSPS) is 28.1. The highest BCUT2D eigenvalue weighted by Gasteiger charge is 2.50. The number of nitriles is 1. The average molecular weight is 194 g/mol. The van der Waals surface area contributed by atoms with Gasteiger partial charge in [0, 0.05) is 13.2 Å². The summed E-state index contributed by atoms with van der Waals surface area (Å²) in [6.07, 6.45) is 3.67. The number of amides is 1. The maximum absolute atomic E-state index is 11.5. The third-order valence-electron chi connectivity index (χ3n) is 2.91. The summed E-state index contributed by atoms with van der Waals surface area (Å²) >= 11 is 0. The van der Waals surface area contributed by atoms with Gasteiger partial charge in [0.15, 0.2) is 0 Å². The van der Waals surface area contributed by atoms with Crippen molar-refractivity contribution in [3.05, 3.63) is 0 Å². The van der Waals surface area contributed by atoms with E-state index >= 15 is 0 Å². The molecule has 1 aliphatic carbocycles. The second-order valence-electron chi connectivity index (χ2n) is 4.04. The van der Waals surface area contributed by atoms with Crippen LogP contribution in [0.5, 0.6) is 0 Å². The molecule has 0 spiro atoms. The quantitative estimate of drug-likeness (QED) is 0.715. The first kappa shape index (κ1) is 9.47. The van der Waals surface area contributed by atoms with Crippen LogP contribution in [0.1, 0.15) is 25.7 Å². The molecule has 4 heteroatoms. The van der Waals surface area contributed by atoms with E-state index in [1.165, 1.54) is 0 Å². The van der Waals surface area contributed by atoms with E-state index in [2.05, 4.69) is 11.4 Å². The molecule has 2 aliphatic rings. The molecule has 14 heavy (non-hydrogen) atoms. The fourth-order valence-electron chi connectivity index (χ4n) is 1.70. The zero-order valence-corrected chi connectivity index (χ0v) is 8.08. The molecule has 0 bridgehead atoms. The van der Waals surface area contributed by atoms with E-state index in [9.17, 15) is 4.79 Å². The molecule has 2 rings (SSSR count). The minimum atomic E-state index is -0.696. The van der Waals surface area contributed by atoms with Crippen molar-refractivity contribution in [2.45, 2.75) is 31.8 Å². The monoisotopic (exact) mass is 194 g/mol. The maximum atomic E-state index is 11.5. The van der Waals surface area contributed by atoms with Gasteiger partial charge in [-0.1, -0.05) is 0 Å². The van der Waals surface area contributed by atoms with Gasteiger partial charge in [-0.25, -0.2) is 0 Å². The number of carbonyl (C=O) groups is 1. The van der Waals surface area contributed by atoms with Gasteiger partial charge in [0.05, 0.1) is 12.2 Å². The molecule has 0 aromatic heterocycles. The van der Waals surface area contributed by atoms with Crippen LogP contribution in [0.3, 0.4) is 0 Å². The molecule has 0 unspecified atom stereocenters. The van der Waals surface area contributed by atoms with Crippen molar-refractivity contribution in [1.82, 2.24) is 5.32 Å². The number of rotatable bonds is 3. The Bertz CT molecular complexity index is 272. The van der Waals surface area contributed by atoms with Gasteiger partial charge in [0.25, 0.3) is 0 Å². The van der Waals surface area contributed by atoms with Crippen molar-refractivity contribution >= 4 is 5.91 Å². The number of nitrogens with zero attached hydrogens (tertiary/aromatic N) is 1. The Morgan fingerprint density at radius 3 is 2.93 bits per heavy atom. The summed E-state index contributed by atoms with van der Waals surface area (Å²) in [5.41, 5.74) is -0.696. The van der Waals surface area contributed by atoms with Crippen LogP contribution >= 0.6 is 0 Å². The van der Waals surface area contributed by atoms with Gasteiger partial charge in [-0.15, -0.1) is 0 Å². The molecule has 1 atom stereocenters. The summed E-state index contributed by atoms with van der Waals surface area (Å²) in [4.78, 5) is 11.5. The minimum Gasteiger partial charge on any atom is -0.376 e. The highest BCUT2D eigenvalue weighted by molar-refractivity contribution is 5.88. The highest BCUT2D eigenvalue weighted by Crippen LogP contribution is 2.44. The van der Waals surface area contributed by atoms with E-state index in [4.69, 9.17) is 10.00 Å². The molecule has 1 aliphatic heterocycles. The van der Waals surface area contributed by atoms with Crippen LogP contribution in [-0.4, -0.2) is 25.2 Å². The van der Waals surface area contributed by atoms with Crippen LogP contribution < -0.4 is 5.32 Å². The molecule has 0 aromatic carbocycles. The van der Waals surface area contributed by atoms with Crippen molar-refractivity contribution in [3.63, 3.8) is 0 Å². The molecule has 0 radical (unpaired) electrons. The van der Waals surface area contributed by atoms with Crippen molar-refractivity contribution in [2.75, 3.05) is 13.2 Å². The van der Waals surface area contributed by atoms with Crippen LogP contribution in [0, 0.1) is 16.7 Å². The molecule has 1 heterocycles. The summed E-state index contributed by atoms with van der Waals surface area (Å²) in [6, 6.07) is 2.07. The molecule has 1 saturated heterocycles. The van der Waals surface area contributed by atoms with Gasteiger partial charge in [0.2, 0.25) is 5.91 Å². The molecular formula is C10H14N2O2. The minimum absolute atomic E-state index is 0.115. The molecule has 0 aromatic rings. The lowest BCUT2D eigenvalue weighted by Crippen LogP contribution is -2.36. The van der Waals surface area contributed by atoms with Crippen molar-refractivity contribution < 1.29 is 9.53 Å². The lowest BCUT2D eigenvalue weighted by molar-refractivity contribution is -0.124. The number of ether oxygens (including phenoxy) is 1. The van der Waals surface area contributed by atoms with Crippen molar-refractivity contribution in [1.29, 1.82) is 5.26 Å². The Hall–Kier alpha value is -1.08. The van der Waals surface area contributed by atoms with Crippen molar-refractivity contribution in [3.8, 4) is 6.07 Å². The van der Waals surface area contributed by atoms with Gasteiger partial charge in [-0.05, 0) is 25.7 Å². The van der Waals surface area contributed by atoms with Gasteiger partial charge in [-0.3, -0.25) is 4.79 Å². The third-order valence-corrected chi connectivity index (χ3v) is 2.91. The number of carbonyl (C=O) groups excluding carboxylic acids is 1.